The van der Waals surface area contributed by atoms with Crippen molar-refractivity contribution in [2.24, 2.45) is 0 Å². The fourth-order valence-electron chi connectivity index (χ4n) is 4.26. The highest BCUT2D eigenvalue weighted by Crippen LogP contribution is 2.40. The molecular weight excluding hydrogens is 495 g/mol. The molecule has 0 unspecified atom stereocenters. The van der Waals surface area contributed by atoms with Gasteiger partial charge in [0.1, 0.15) is 35.2 Å². The summed E-state index contributed by atoms with van der Waals surface area (Å²) in [7, 11) is 0. The third kappa shape index (κ3) is 5.95. The Bertz CT molecular complexity index is 1320. The summed E-state index contributed by atoms with van der Waals surface area (Å²) in [4.78, 5) is 33.3. The minimum atomic E-state index is -3.50. The molecule has 0 aliphatic carbocycles. The summed E-state index contributed by atoms with van der Waals surface area (Å²) in [5.74, 6) is -6.55. The zero-order valence-corrected chi connectivity index (χ0v) is 20.7. The number of aromatic nitrogens is 2. The number of alkyl halides is 2. The highest BCUT2D eigenvalue weighted by molar-refractivity contribution is 6.06. The first kappa shape index (κ1) is 26.6. The first-order valence-electron chi connectivity index (χ1n) is 11.9. The molecule has 1 aliphatic heterocycles. The van der Waals surface area contributed by atoms with E-state index in [0.29, 0.717) is 24.8 Å². The number of rotatable bonds is 9. The Morgan fingerprint density at radius 3 is 2.70 bits per heavy atom. The highest BCUT2D eigenvalue weighted by atomic mass is 19.3. The lowest BCUT2D eigenvalue weighted by molar-refractivity contribution is -0.156. The monoisotopic (exact) mass is 523 g/mol. The van der Waals surface area contributed by atoms with Gasteiger partial charge in [0, 0.05) is 31.0 Å². The Hall–Kier alpha value is -3.41. The smallest absolute Gasteiger partial charge is 0.329 e. The summed E-state index contributed by atoms with van der Waals surface area (Å²) in [6.07, 6.45) is 0.189. The molecule has 0 saturated carbocycles. The number of hydrogen-bond donors (Lipinski definition) is 1. The van der Waals surface area contributed by atoms with Crippen molar-refractivity contribution in [2.75, 3.05) is 24.7 Å². The van der Waals surface area contributed by atoms with Crippen molar-refractivity contribution in [3.63, 3.8) is 0 Å². The summed E-state index contributed by atoms with van der Waals surface area (Å²) in [5, 5.41) is 8.96. The summed E-state index contributed by atoms with van der Waals surface area (Å²) >= 11 is 0. The fraction of sp³-hybridized carbons (Fsp3) is 0.520. The fourth-order valence-corrected chi connectivity index (χ4v) is 4.26. The number of hydrogen-bond acceptors (Lipinski definition) is 8. The van der Waals surface area contributed by atoms with Crippen LogP contribution in [0.4, 0.5) is 19.0 Å². The van der Waals surface area contributed by atoms with Gasteiger partial charge in [-0.25, -0.2) is 23.9 Å². The molecule has 200 valence electrons. The van der Waals surface area contributed by atoms with Crippen LogP contribution in [0, 0.1) is 5.82 Å². The molecule has 0 amide bonds. The summed E-state index contributed by atoms with van der Waals surface area (Å²) < 4.78 is 60.7. The number of fused-ring (bicyclic) bond motifs is 3. The van der Waals surface area contributed by atoms with E-state index >= 15 is 8.78 Å². The molecule has 37 heavy (non-hydrogen) atoms. The number of carboxylic acid groups (broad SMARTS) is 1. The first-order chi connectivity index (χ1) is 17.4. The predicted octanol–water partition coefficient (Wildman–Crippen LogP) is 4.80. The third-order valence-corrected chi connectivity index (χ3v) is 5.79. The molecule has 9 nitrogen and oxygen atoms in total. The van der Waals surface area contributed by atoms with Gasteiger partial charge in [-0.1, -0.05) is 0 Å². The average molecular weight is 524 g/mol. The first-order valence-corrected chi connectivity index (χ1v) is 11.9. The second-order valence-corrected chi connectivity index (χ2v) is 9.93. The minimum absolute atomic E-state index is 0.00627. The van der Waals surface area contributed by atoms with Crippen molar-refractivity contribution in [3.8, 4) is 0 Å². The molecule has 1 N–H and O–H groups in total. The lowest BCUT2D eigenvalue weighted by Crippen LogP contribution is -2.41. The molecule has 4 rings (SSSR count). The van der Waals surface area contributed by atoms with Crippen LogP contribution < -0.4 is 4.90 Å². The number of halogens is 3. The number of carboxylic acids is 1. The zero-order chi connectivity index (χ0) is 27.0. The van der Waals surface area contributed by atoms with Gasteiger partial charge in [-0.3, -0.25) is 0 Å². The number of aliphatic carboxylic acids is 1. The van der Waals surface area contributed by atoms with Gasteiger partial charge >= 0.3 is 17.9 Å². The molecular formula is C25H28F3N3O6. The van der Waals surface area contributed by atoms with E-state index in [1.165, 1.54) is 12.1 Å². The Labute approximate surface area is 210 Å². The predicted molar refractivity (Wildman–Crippen MR) is 127 cm³/mol. The van der Waals surface area contributed by atoms with Gasteiger partial charge < -0.3 is 23.9 Å². The van der Waals surface area contributed by atoms with Gasteiger partial charge in [0.25, 0.3) is 0 Å². The van der Waals surface area contributed by atoms with E-state index in [1.807, 2.05) is 0 Å². The maximum Gasteiger partial charge on any atom is 0.329 e. The molecule has 0 radical (unpaired) electrons. The number of benzene rings is 1. The summed E-state index contributed by atoms with van der Waals surface area (Å²) in [5.41, 5.74) is -0.488. The standard InChI is InChI=1S/C25H28F3N3O6/c1-24(2,3)37-22(34)16-6-4-10-31(16)21-20-19(15-8-7-14(26)12-17(15)36-20)29-23(30-21)25(27,28)9-5-11-35-13-18(32)33/h7-8,12,16H,4-6,9-11,13H2,1-3H3,(H,32,33)/t16-/m0/s1. The maximum absolute atomic E-state index is 15.3. The van der Waals surface area contributed by atoms with Gasteiger partial charge in [0.05, 0.1) is 0 Å². The quantitative estimate of drug-likeness (QED) is 0.312. The number of carbonyl (C=O) groups is 2. The number of furan rings is 1. The van der Waals surface area contributed by atoms with E-state index in [2.05, 4.69) is 9.97 Å². The number of nitrogens with zero attached hydrogens (tertiary/aromatic N) is 3. The van der Waals surface area contributed by atoms with E-state index in [-0.39, 0.29) is 35.5 Å². The van der Waals surface area contributed by atoms with Crippen LogP contribution in [0.3, 0.4) is 0 Å². The molecule has 1 saturated heterocycles. The molecule has 1 aliphatic rings. The second kappa shape index (κ2) is 10.2. The molecule has 2 aromatic heterocycles. The summed E-state index contributed by atoms with van der Waals surface area (Å²) in [6.45, 7) is 4.78. The van der Waals surface area contributed by atoms with E-state index in [9.17, 15) is 14.0 Å². The summed E-state index contributed by atoms with van der Waals surface area (Å²) in [6, 6.07) is 2.93. The molecule has 1 atom stereocenters. The van der Waals surface area contributed by atoms with Crippen LogP contribution in [-0.2, 0) is 25.0 Å². The number of esters is 1. The molecule has 0 spiro atoms. The van der Waals surface area contributed by atoms with Gasteiger partial charge in [-0.05, 0) is 52.2 Å². The van der Waals surface area contributed by atoms with Crippen molar-refractivity contribution < 1.29 is 41.8 Å². The van der Waals surface area contributed by atoms with Crippen molar-refractivity contribution >= 4 is 39.8 Å². The Morgan fingerprint density at radius 1 is 1.24 bits per heavy atom. The van der Waals surface area contributed by atoms with Crippen LogP contribution in [0.2, 0.25) is 0 Å². The lowest BCUT2D eigenvalue weighted by Gasteiger charge is -2.28. The van der Waals surface area contributed by atoms with Crippen LogP contribution in [0.25, 0.3) is 22.1 Å². The average Bonchev–Trinajstić information content (AvgIpc) is 3.41. The van der Waals surface area contributed by atoms with Crippen molar-refractivity contribution in [1.29, 1.82) is 0 Å². The molecule has 1 fully saturated rings. The minimum Gasteiger partial charge on any atom is -0.480 e. The third-order valence-electron chi connectivity index (χ3n) is 5.79. The topological polar surface area (TPSA) is 115 Å². The Balaban J connectivity index is 1.75. The number of anilines is 1. The normalized spacial score (nSPS) is 16.6. The van der Waals surface area contributed by atoms with Crippen LogP contribution in [0.1, 0.15) is 52.3 Å². The van der Waals surface area contributed by atoms with Crippen LogP contribution in [0.5, 0.6) is 0 Å². The van der Waals surface area contributed by atoms with Gasteiger partial charge in [-0.2, -0.15) is 8.78 Å². The van der Waals surface area contributed by atoms with Crippen LogP contribution in [-0.4, -0.2) is 58.4 Å². The lowest BCUT2D eigenvalue weighted by atomic mass is 10.1. The molecule has 0 bridgehead atoms. The number of carbonyl (C=O) groups excluding carboxylic acids is 1. The van der Waals surface area contributed by atoms with Gasteiger partial charge in [0.15, 0.2) is 11.4 Å². The van der Waals surface area contributed by atoms with E-state index < -0.39 is 54.2 Å². The van der Waals surface area contributed by atoms with Crippen molar-refractivity contribution in [2.45, 2.75) is 64.0 Å². The van der Waals surface area contributed by atoms with Gasteiger partial charge in [0.2, 0.25) is 5.82 Å². The van der Waals surface area contributed by atoms with Crippen LogP contribution in [0.15, 0.2) is 22.6 Å². The van der Waals surface area contributed by atoms with E-state index in [1.54, 1.807) is 25.7 Å². The van der Waals surface area contributed by atoms with Gasteiger partial charge in [-0.15, -0.1) is 0 Å². The van der Waals surface area contributed by atoms with Crippen LogP contribution >= 0.6 is 0 Å². The zero-order valence-electron chi connectivity index (χ0n) is 20.7. The second-order valence-electron chi connectivity index (χ2n) is 9.93. The maximum atomic E-state index is 15.3. The van der Waals surface area contributed by atoms with E-state index in [4.69, 9.17) is 19.0 Å². The molecule has 3 heterocycles. The Morgan fingerprint density at radius 2 is 2.00 bits per heavy atom. The molecule has 1 aromatic carbocycles. The van der Waals surface area contributed by atoms with Crippen molar-refractivity contribution in [3.05, 3.63) is 29.8 Å². The van der Waals surface area contributed by atoms with E-state index in [0.717, 1.165) is 6.07 Å². The Kier molecular flexibility index (Phi) is 7.31. The molecule has 3 aromatic rings. The SMILES string of the molecule is CC(C)(C)OC(=O)[C@@H]1CCCN1c1nc(C(F)(F)CCCOCC(=O)O)nc2c1oc1cc(F)ccc12. The molecule has 12 heteroatoms. The highest BCUT2D eigenvalue weighted by Gasteiger charge is 2.40. The van der Waals surface area contributed by atoms with Crippen molar-refractivity contribution in [1.82, 2.24) is 9.97 Å². The number of ether oxygens (including phenoxy) is 2. The largest absolute Gasteiger partial charge is 0.480 e.